The van der Waals surface area contributed by atoms with Crippen molar-refractivity contribution in [1.82, 2.24) is 25.1 Å². The summed E-state index contributed by atoms with van der Waals surface area (Å²) >= 11 is 1.67. The van der Waals surface area contributed by atoms with Crippen LogP contribution < -0.4 is 10.6 Å². The van der Waals surface area contributed by atoms with Gasteiger partial charge in [-0.3, -0.25) is 14.5 Å². The largest absolute Gasteiger partial charge is 0.353 e. The van der Waals surface area contributed by atoms with Gasteiger partial charge in [-0.1, -0.05) is 6.07 Å². The van der Waals surface area contributed by atoms with Crippen LogP contribution in [0.1, 0.15) is 24.0 Å². The number of hydrogen-bond acceptors (Lipinski definition) is 5. The van der Waals surface area contributed by atoms with Gasteiger partial charge in [0.25, 0.3) is 0 Å². The average Bonchev–Trinajstić information content (AvgIpc) is 3.27. The zero-order valence-electron chi connectivity index (χ0n) is 14.3. The molecule has 0 saturated carbocycles. The summed E-state index contributed by atoms with van der Waals surface area (Å²) in [6.07, 6.45) is 3.77. The SMILES string of the molecule is CCn1ccnc1CNC(=O)C[C@@H]1C(=O)NCCN1Cc1cccs1. The van der Waals surface area contributed by atoms with Crippen molar-refractivity contribution in [2.24, 2.45) is 0 Å². The predicted molar refractivity (Wildman–Crippen MR) is 95.9 cm³/mol. The summed E-state index contributed by atoms with van der Waals surface area (Å²) in [6, 6.07) is 3.63. The van der Waals surface area contributed by atoms with E-state index in [2.05, 4.69) is 26.6 Å². The van der Waals surface area contributed by atoms with Crippen molar-refractivity contribution in [2.75, 3.05) is 13.1 Å². The van der Waals surface area contributed by atoms with E-state index < -0.39 is 6.04 Å². The monoisotopic (exact) mass is 361 g/mol. The van der Waals surface area contributed by atoms with Gasteiger partial charge in [0.2, 0.25) is 11.8 Å². The quantitative estimate of drug-likeness (QED) is 0.770. The van der Waals surface area contributed by atoms with E-state index in [9.17, 15) is 9.59 Å². The van der Waals surface area contributed by atoms with E-state index in [1.54, 1.807) is 17.5 Å². The number of carbonyl (C=O) groups excluding carboxylic acids is 2. The summed E-state index contributed by atoms with van der Waals surface area (Å²) in [5.41, 5.74) is 0. The van der Waals surface area contributed by atoms with E-state index in [1.807, 2.05) is 29.1 Å². The molecule has 2 N–H and O–H groups in total. The van der Waals surface area contributed by atoms with Gasteiger partial charge in [0.1, 0.15) is 5.82 Å². The van der Waals surface area contributed by atoms with E-state index in [0.717, 1.165) is 18.9 Å². The van der Waals surface area contributed by atoms with Crippen molar-refractivity contribution in [2.45, 2.75) is 39.0 Å². The molecule has 2 amide bonds. The molecule has 0 aromatic carbocycles. The van der Waals surface area contributed by atoms with Crippen molar-refractivity contribution in [3.63, 3.8) is 0 Å². The fourth-order valence-electron chi connectivity index (χ4n) is 3.00. The van der Waals surface area contributed by atoms with E-state index >= 15 is 0 Å². The molecule has 7 nitrogen and oxygen atoms in total. The summed E-state index contributed by atoms with van der Waals surface area (Å²) < 4.78 is 1.98. The minimum absolute atomic E-state index is 0.0759. The number of aromatic nitrogens is 2. The molecule has 1 aliphatic rings. The molecule has 3 rings (SSSR count). The third-order valence-electron chi connectivity index (χ3n) is 4.35. The number of rotatable bonds is 7. The molecule has 0 bridgehead atoms. The third kappa shape index (κ3) is 4.46. The van der Waals surface area contributed by atoms with Crippen molar-refractivity contribution in [1.29, 1.82) is 0 Å². The summed E-state index contributed by atoms with van der Waals surface area (Å²) in [5.74, 6) is 0.608. The van der Waals surface area contributed by atoms with Crippen LogP contribution >= 0.6 is 11.3 Å². The van der Waals surface area contributed by atoms with Gasteiger partial charge in [0, 0.05) is 43.4 Å². The lowest BCUT2D eigenvalue weighted by molar-refractivity contribution is -0.134. The lowest BCUT2D eigenvalue weighted by atomic mass is 10.1. The molecule has 0 unspecified atom stereocenters. The fourth-order valence-corrected chi connectivity index (χ4v) is 3.73. The molecule has 25 heavy (non-hydrogen) atoms. The van der Waals surface area contributed by atoms with Gasteiger partial charge in [-0.15, -0.1) is 11.3 Å². The van der Waals surface area contributed by atoms with Gasteiger partial charge in [-0.2, -0.15) is 0 Å². The number of carbonyl (C=O) groups is 2. The number of aryl methyl sites for hydroxylation is 1. The molecule has 1 aliphatic heterocycles. The van der Waals surface area contributed by atoms with Gasteiger partial charge >= 0.3 is 0 Å². The Morgan fingerprint density at radius 3 is 3.16 bits per heavy atom. The zero-order chi connectivity index (χ0) is 17.6. The maximum Gasteiger partial charge on any atom is 0.237 e. The highest BCUT2D eigenvalue weighted by Gasteiger charge is 2.31. The Morgan fingerprint density at radius 1 is 1.52 bits per heavy atom. The molecule has 8 heteroatoms. The third-order valence-corrected chi connectivity index (χ3v) is 5.21. The number of amides is 2. The lowest BCUT2D eigenvalue weighted by Gasteiger charge is -2.34. The van der Waals surface area contributed by atoms with Crippen molar-refractivity contribution >= 4 is 23.2 Å². The summed E-state index contributed by atoms with van der Waals surface area (Å²) in [6.45, 7) is 5.28. The minimum atomic E-state index is -0.429. The Balaban J connectivity index is 1.57. The standard InChI is InChI=1S/C17H23N5O2S/c1-2-21-7-5-18-15(21)11-20-16(23)10-14-17(24)19-6-8-22(14)12-13-4-3-9-25-13/h3-5,7,9,14H,2,6,8,10-12H2,1H3,(H,19,24)(H,20,23)/t14-/m1/s1. The number of imidazole rings is 1. The van der Waals surface area contributed by atoms with Gasteiger partial charge in [-0.05, 0) is 18.4 Å². The van der Waals surface area contributed by atoms with Crippen LogP contribution in [-0.4, -0.2) is 45.4 Å². The van der Waals surface area contributed by atoms with E-state index in [1.165, 1.54) is 4.88 Å². The van der Waals surface area contributed by atoms with Crippen molar-refractivity contribution < 1.29 is 9.59 Å². The van der Waals surface area contributed by atoms with Crippen molar-refractivity contribution in [3.05, 3.63) is 40.6 Å². The molecule has 134 valence electrons. The second-order valence-electron chi connectivity index (χ2n) is 5.97. The Morgan fingerprint density at radius 2 is 2.40 bits per heavy atom. The van der Waals surface area contributed by atoms with Crippen LogP contribution in [0.15, 0.2) is 29.9 Å². The first-order valence-corrected chi connectivity index (χ1v) is 9.36. The molecule has 0 radical (unpaired) electrons. The van der Waals surface area contributed by atoms with Gasteiger partial charge in [0.05, 0.1) is 19.0 Å². The first-order chi connectivity index (χ1) is 12.2. The minimum Gasteiger partial charge on any atom is -0.353 e. The van der Waals surface area contributed by atoms with Crippen LogP contribution in [0.25, 0.3) is 0 Å². The molecule has 0 spiro atoms. The number of piperazine rings is 1. The molecular weight excluding hydrogens is 338 g/mol. The maximum atomic E-state index is 12.3. The van der Waals surface area contributed by atoms with Crippen LogP contribution in [0.3, 0.4) is 0 Å². The second kappa shape index (κ2) is 8.26. The Bertz CT molecular complexity index is 712. The Hall–Kier alpha value is -2.19. The lowest BCUT2D eigenvalue weighted by Crippen LogP contribution is -2.56. The van der Waals surface area contributed by atoms with E-state index in [-0.39, 0.29) is 18.2 Å². The topological polar surface area (TPSA) is 79.3 Å². The van der Waals surface area contributed by atoms with E-state index in [0.29, 0.717) is 19.6 Å². The van der Waals surface area contributed by atoms with Crippen LogP contribution in [0.4, 0.5) is 0 Å². The second-order valence-corrected chi connectivity index (χ2v) is 7.00. The first kappa shape index (κ1) is 17.6. The average molecular weight is 361 g/mol. The van der Waals surface area contributed by atoms with Crippen LogP contribution in [0.2, 0.25) is 0 Å². The smallest absolute Gasteiger partial charge is 0.237 e. The molecular formula is C17H23N5O2S. The Labute approximate surface area is 151 Å². The highest BCUT2D eigenvalue weighted by Crippen LogP contribution is 2.17. The highest BCUT2D eigenvalue weighted by molar-refractivity contribution is 7.09. The fraction of sp³-hybridized carbons (Fsp3) is 0.471. The molecule has 0 aliphatic carbocycles. The predicted octanol–water partition coefficient (Wildman–Crippen LogP) is 0.971. The number of nitrogens with zero attached hydrogens (tertiary/aromatic N) is 3. The Kier molecular flexibility index (Phi) is 5.83. The first-order valence-electron chi connectivity index (χ1n) is 8.48. The molecule has 2 aromatic heterocycles. The molecule has 1 saturated heterocycles. The van der Waals surface area contributed by atoms with Crippen LogP contribution in [0, 0.1) is 0 Å². The number of hydrogen-bond donors (Lipinski definition) is 2. The summed E-state index contributed by atoms with van der Waals surface area (Å²) in [4.78, 5) is 32.1. The number of nitrogens with one attached hydrogen (secondary N) is 2. The maximum absolute atomic E-state index is 12.3. The molecule has 3 heterocycles. The normalized spacial score (nSPS) is 18.1. The molecule has 1 fully saturated rings. The van der Waals surface area contributed by atoms with Crippen LogP contribution in [0.5, 0.6) is 0 Å². The molecule has 2 aromatic rings. The van der Waals surface area contributed by atoms with E-state index in [4.69, 9.17) is 0 Å². The highest BCUT2D eigenvalue weighted by atomic mass is 32.1. The van der Waals surface area contributed by atoms with Crippen LogP contribution in [-0.2, 0) is 29.2 Å². The zero-order valence-corrected chi connectivity index (χ0v) is 15.1. The number of thiophene rings is 1. The molecule has 1 atom stereocenters. The van der Waals surface area contributed by atoms with Gasteiger partial charge in [-0.25, -0.2) is 4.98 Å². The summed E-state index contributed by atoms with van der Waals surface area (Å²) in [7, 11) is 0. The summed E-state index contributed by atoms with van der Waals surface area (Å²) in [5, 5.41) is 7.77. The van der Waals surface area contributed by atoms with Crippen molar-refractivity contribution in [3.8, 4) is 0 Å². The van der Waals surface area contributed by atoms with Gasteiger partial charge < -0.3 is 15.2 Å². The van der Waals surface area contributed by atoms with Gasteiger partial charge in [0.15, 0.2) is 0 Å².